The summed E-state index contributed by atoms with van der Waals surface area (Å²) in [5, 5.41) is 2.95. The van der Waals surface area contributed by atoms with Crippen molar-refractivity contribution in [3.05, 3.63) is 53.2 Å². The van der Waals surface area contributed by atoms with Gasteiger partial charge in [0.1, 0.15) is 6.26 Å². The fourth-order valence-corrected chi connectivity index (χ4v) is 2.84. The van der Waals surface area contributed by atoms with Crippen LogP contribution in [0.15, 0.2) is 34.9 Å². The lowest BCUT2D eigenvalue weighted by Gasteiger charge is -2.30. The van der Waals surface area contributed by atoms with Crippen LogP contribution in [0.25, 0.3) is 0 Å². The normalized spacial score (nSPS) is 15.5. The van der Waals surface area contributed by atoms with Gasteiger partial charge in [-0.05, 0) is 38.2 Å². The molecular weight excluding hydrogens is 326 g/mol. The summed E-state index contributed by atoms with van der Waals surface area (Å²) in [5.41, 5.74) is 2.90. The Hall–Kier alpha value is -2.14. The number of nitrogens with one attached hydrogen (secondary N) is 1. The molecule has 26 heavy (non-hydrogen) atoms. The molecule has 5 heteroatoms. The Morgan fingerprint density at radius 2 is 1.92 bits per heavy atom. The van der Waals surface area contributed by atoms with Crippen LogP contribution in [0.2, 0.25) is 0 Å². The van der Waals surface area contributed by atoms with Gasteiger partial charge in [0.15, 0.2) is 5.69 Å². The quantitative estimate of drug-likeness (QED) is 0.780. The lowest BCUT2D eigenvalue weighted by atomic mass is 10.0. The highest BCUT2D eigenvalue weighted by Crippen LogP contribution is 2.20. The minimum atomic E-state index is -0.135. The summed E-state index contributed by atoms with van der Waals surface area (Å²) in [4.78, 5) is 18.9. The zero-order valence-corrected chi connectivity index (χ0v) is 16.2. The number of carbonyl (C=O) groups excluding carboxylic acids is 1. The Kier molecular flexibility index (Phi) is 5.77. The smallest absolute Gasteiger partial charge is 0.273 e. The highest BCUT2D eigenvalue weighted by atomic mass is 16.3. The first-order valence-electron chi connectivity index (χ1n) is 9.47. The van der Waals surface area contributed by atoms with Crippen molar-refractivity contribution < 1.29 is 9.21 Å². The Morgan fingerprint density at radius 3 is 2.54 bits per heavy atom. The van der Waals surface area contributed by atoms with Crippen LogP contribution in [-0.2, 0) is 13.1 Å². The van der Waals surface area contributed by atoms with Crippen molar-refractivity contribution in [2.45, 2.75) is 65.7 Å². The first kappa shape index (κ1) is 18.6. The fraction of sp³-hybridized carbons (Fsp3) is 0.524. The number of benzene rings is 1. The predicted octanol–water partition coefficient (Wildman–Crippen LogP) is 3.92. The third-order valence-corrected chi connectivity index (χ3v) is 5.08. The van der Waals surface area contributed by atoms with Crippen molar-refractivity contribution in [2.75, 3.05) is 0 Å². The predicted molar refractivity (Wildman–Crippen MR) is 102 cm³/mol. The number of aryl methyl sites for hydroxylation is 1. The van der Waals surface area contributed by atoms with Gasteiger partial charge in [0.2, 0.25) is 5.89 Å². The number of carbonyl (C=O) groups is 1. The maximum Gasteiger partial charge on any atom is 0.273 e. The number of hydrogen-bond donors (Lipinski definition) is 1. The largest absolute Gasteiger partial charge is 0.447 e. The molecule has 1 aliphatic carbocycles. The van der Waals surface area contributed by atoms with E-state index in [9.17, 15) is 4.79 Å². The molecular formula is C21H29N3O2. The maximum absolute atomic E-state index is 12.1. The van der Waals surface area contributed by atoms with Crippen LogP contribution in [0, 0.1) is 12.8 Å². The maximum atomic E-state index is 12.1. The molecule has 5 nitrogen and oxygen atoms in total. The van der Waals surface area contributed by atoms with Gasteiger partial charge in [0.05, 0.1) is 6.54 Å². The van der Waals surface area contributed by atoms with Crippen molar-refractivity contribution in [2.24, 2.45) is 5.92 Å². The molecule has 0 radical (unpaired) electrons. The van der Waals surface area contributed by atoms with Crippen LogP contribution in [0.1, 0.15) is 61.1 Å². The highest BCUT2D eigenvalue weighted by molar-refractivity contribution is 5.92. The van der Waals surface area contributed by atoms with Crippen molar-refractivity contribution in [3.8, 4) is 0 Å². The van der Waals surface area contributed by atoms with E-state index in [1.165, 1.54) is 17.4 Å². The summed E-state index contributed by atoms with van der Waals surface area (Å²) >= 11 is 0. The molecule has 0 saturated heterocycles. The average Bonchev–Trinajstić information content (AvgIpc) is 3.30. The van der Waals surface area contributed by atoms with Crippen LogP contribution < -0.4 is 5.32 Å². The van der Waals surface area contributed by atoms with E-state index >= 15 is 0 Å². The van der Waals surface area contributed by atoms with Crippen molar-refractivity contribution in [3.63, 3.8) is 0 Å². The standard InChI is InChI=1S/C21H29N3O2/c1-14(2)16(4)24(11-17-7-5-15(3)6-8-17)12-20-23-19(13-26-20)21(25)22-18-9-10-18/h5-8,13-14,16,18H,9-12H2,1-4H3,(H,22,25)/t16-/m0/s1. The molecule has 1 aromatic heterocycles. The number of hydrogen-bond acceptors (Lipinski definition) is 4. The van der Waals surface area contributed by atoms with Gasteiger partial charge in [0, 0.05) is 18.6 Å². The van der Waals surface area contributed by atoms with E-state index in [-0.39, 0.29) is 5.91 Å². The first-order valence-corrected chi connectivity index (χ1v) is 9.47. The number of aromatic nitrogens is 1. The van der Waals surface area contributed by atoms with Gasteiger partial charge in [0.25, 0.3) is 5.91 Å². The third-order valence-electron chi connectivity index (χ3n) is 5.08. The van der Waals surface area contributed by atoms with E-state index in [2.05, 4.69) is 67.2 Å². The van der Waals surface area contributed by atoms with Crippen LogP contribution in [0.4, 0.5) is 0 Å². The molecule has 1 amide bonds. The molecule has 0 unspecified atom stereocenters. The van der Waals surface area contributed by atoms with Gasteiger partial charge >= 0.3 is 0 Å². The second kappa shape index (κ2) is 8.04. The number of nitrogens with zero attached hydrogens (tertiary/aromatic N) is 2. The topological polar surface area (TPSA) is 58.4 Å². The molecule has 1 N–H and O–H groups in total. The molecule has 1 aliphatic rings. The molecule has 1 fully saturated rings. The fourth-order valence-electron chi connectivity index (χ4n) is 2.84. The molecule has 0 aliphatic heterocycles. The summed E-state index contributed by atoms with van der Waals surface area (Å²) in [6.07, 6.45) is 3.59. The van der Waals surface area contributed by atoms with E-state index in [4.69, 9.17) is 4.42 Å². The molecule has 140 valence electrons. The van der Waals surface area contributed by atoms with Crippen molar-refractivity contribution >= 4 is 5.91 Å². The zero-order valence-electron chi connectivity index (χ0n) is 16.2. The average molecular weight is 355 g/mol. The molecule has 1 heterocycles. The molecule has 0 bridgehead atoms. The van der Waals surface area contributed by atoms with E-state index < -0.39 is 0 Å². The highest BCUT2D eigenvalue weighted by Gasteiger charge is 2.26. The molecule has 1 aromatic carbocycles. The second-order valence-electron chi connectivity index (χ2n) is 7.75. The lowest BCUT2D eigenvalue weighted by Crippen LogP contribution is -2.36. The van der Waals surface area contributed by atoms with Crippen molar-refractivity contribution in [1.82, 2.24) is 15.2 Å². The number of amides is 1. The molecule has 1 atom stereocenters. The van der Waals surface area contributed by atoms with E-state index in [1.807, 2.05) is 0 Å². The molecule has 2 aromatic rings. The van der Waals surface area contributed by atoms with Gasteiger partial charge in [-0.2, -0.15) is 0 Å². The van der Waals surface area contributed by atoms with Gasteiger partial charge in [-0.25, -0.2) is 4.98 Å². The monoisotopic (exact) mass is 355 g/mol. The van der Waals surface area contributed by atoms with Gasteiger partial charge < -0.3 is 9.73 Å². The summed E-state index contributed by atoms with van der Waals surface area (Å²) in [7, 11) is 0. The number of oxazole rings is 1. The summed E-state index contributed by atoms with van der Waals surface area (Å²) in [6, 6.07) is 9.30. The minimum absolute atomic E-state index is 0.135. The van der Waals surface area contributed by atoms with Crippen LogP contribution in [0.3, 0.4) is 0 Å². The Balaban J connectivity index is 1.69. The van der Waals surface area contributed by atoms with E-state index in [0.29, 0.717) is 36.1 Å². The van der Waals surface area contributed by atoms with Crippen molar-refractivity contribution in [1.29, 1.82) is 0 Å². The SMILES string of the molecule is Cc1ccc(CN(Cc2nc(C(=O)NC3CC3)co2)[C@@H](C)C(C)C)cc1. The molecule has 1 saturated carbocycles. The lowest BCUT2D eigenvalue weighted by molar-refractivity contribution is 0.0946. The summed E-state index contributed by atoms with van der Waals surface area (Å²) in [5.74, 6) is 0.961. The van der Waals surface area contributed by atoms with Crippen LogP contribution >= 0.6 is 0 Å². The Bertz CT molecular complexity index is 732. The summed E-state index contributed by atoms with van der Waals surface area (Å²) < 4.78 is 5.59. The zero-order chi connectivity index (χ0) is 18.7. The van der Waals surface area contributed by atoms with Crippen LogP contribution in [0.5, 0.6) is 0 Å². The minimum Gasteiger partial charge on any atom is -0.447 e. The van der Waals surface area contributed by atoms with Crippen LogP contribution in [-0.4, -0.2) is 27.9 Å². The second-order valence-corrected chi connectivity index (χ2v) is 7.75. The van der Waals surface area contributed by atoms with Gasteiger partial charge in [-0.3, -0.25) is 9.69 Å². The van der Waals surface area contributed by atoms with Gasteiger partial charge in [-0.1, -0.05) is 43.7 Å². The number of rotatable bonds is 8. The van der Waals surface area contributed by atoms with E-state index in [0.717, 1.165) is 19.4 Å². The Labute approximate surface area is 155 Å². The van der Waals surface area contributed by atoms with E-state index in [1.54, 1.807) is 0 Å². The summed E-state index contributed by atoms with van der Waals surface area (Å²) in [6.45, 7) is 10.2. The Morgan fingerprint density at radius 1 is 1.23 bits per heavy atom. The molecule has 3 rings (SSSR count). The molecule has 0 spiro atoms. The van der Waals surface area contributed by atoms with Gasteiger partial charge in [-0.15, -0.1) is 0 Å². The first-order chi connectivity index (χ1) is 12.4. The third kappa shape index (κ3) is 4.94.